The molecule has 9 heteroatoms. The van der Waals surface area contributed by atoms with Crippen molar-refractivity contribution in [1.29, 1.82) is 0 Å². The number of hydrogen-bond donors (Lipinski definition) is 3. The summed E-state index contributed by atoms with van der Waals surface area (Å²) in [4.78, 5) is 16.3. The Morgan fingerprint density at radius 1 is 1.20 bits per heavy atom. The highest BCUT2D eigenvalue weighted by Crippen LogP contribution is 2.30. The first-order valence-electron chi connectivity index (χ1n) is 11.6. The van der Waals surface area contributed by atoms with Gasteiger partial charge in [0.2, 0.25) is 11.8 Å². The molecule has 1 aliphatic rings. The van der Waals surface area contributed by atoms with Crippen molar-refractivity contribution in [3.8, 4) is 28.6 Å². The molecule has 0 spiro atoms. The number of imidazole rings is 1. The van der Waals surface area contributed by atoms with Crippen LogP contribution in [0.3, 0.4) is 0 Å². The summed E-state index contributed by atoms with van der Waals surface area (Å²) in [5, 5.41) is 17.8. The summed E-state index contributed by atoms with van der Waals surface area (Å²) >= 11 is 0. The maximum Gasteiger partial charge on any atom is 0.248 e. The van der Waals surface area contributed by atoms with Crippen LogP contribution in [0.2, 0.25) is 0 Å². The number of hydrogen-bond acceptors (Lipinski definition) is 7. The third-order valence-corrected chi connectivity index (χ3v) is 6.21. The minimum atomic E-state index is -0.463. The molecular weight excluding hydrogens is 446 g/mol. The average molecular weight is 474 g/mol. The summed E-state index contributed by atoms with van der Waals surface area (Å²) < 4.78 is 13.2. The van der Waals surface area contributed by atoms with Gasteiger partial charge < -0.3 is 25.6 Å². The molecule has 1 saturated heterocycles. The molecule has 0 bridgehead atoms. The molecule has 2 aromatic heterocycles. The number of carbonyl (C=O) groups is 1. The van der Waals surface area contributed by atoms with Crippen LogP contribution in [0.15, 0.2) is 54.7 Å². The van der Waals surface area contributed by atoms with Gasteiger partial charge >= 0.3 is 0 Å². The van der Waals surface area contributed by atoms with Crippen LogP contribution in [-0.2, 0) is 4.74 Å². The van der Waals surface area contributed by atoms with Crippen LogP contribution in [-0.4, -0.2) is 45.4 Å². The first kappa shape index (κ1) is 22.7. The third kappa shape index (κ3) is 4.90. The van der Waals surface area contributed by atoms with E-state index in [0.717, 1.165) is 55.1 Å². The van der Waals surface area contributed by atoms with E-state index in [1.54, 1.807) is 41.0 Å². The number of primary amides is 1. The molecule has 0 atom stereocenters. The lowest BCUT2D eigenvalue weighted by Crippen LogP contribution is -2.23. The molecule has 0 unspecified atom stereocenters. The first-order chi connectivity index (χ1) is 17.0. The monoisotopic (exact) mass is 473 g/mol. The van der Waals surface area contributed by atoms with Crippen molar-refractivity contribution < 1.29 is 19.4 Å². The molecule has 4 aromatic rings. The molecule has 1 fully saturated rings. The fourth-order valence-corrected chi connectivity index (χ4v) is 4.26. The number of aryl methyl sites for hydroxylation is 1. The van der Waals surface area contributed by atoms with Gasteiger partial charge in [-0.2, -0.15) is 0 Å². The number of nitrogens with one attached hydrogen (secondary N) is 1. The lowest BCUT2D eigenvalue weighted by molar-refractivity contribution is 0.0699. The number of aromatic hydroxyl groups is 1. The Labute approximate surface area is 202 Å². The van der Waals surface area contributed by atoms with Gasteiger partial charge in [0, 0.05) is 37.0 Å². The Bertz CT molecular complexity index is 1360. The first-order valence-corrected chi connectivity index (χ1v) is 11.6. The number of amides is 1. The molecule has 2 aromatic carbocycles. The summed E-state index contributed by atoms with van der Waals surface area (Å²) in [5.74, 6) is 1.13. The Morgan fingerprint density at radius 2 is 1.97 bits per heavy atom. The van der Waals surface area contributed by atoms with Gasteiger partial charge in [-0.3, -0.25) is 4.79 Å². The number of phenolic OH excluding ortho intramolecular Hbond substituents is 1. The van der Waals surface area contributed by atoms with Gasteiger partial charge in [0.05, 0.1) is 17.6 Å². The number of nitrogens with zero attached hydrogens (tertiary/aromatic N) is 3. The Hall–Kier alpha value is -4.11. The van der Waals surface area contributed by atoms with Gasteiger partial charge in [0.1, 0.15) is 11.5 Å². The van der Waals surface area contributed by atoms with E-state index in [1.807, 2.05) is 25.1 Å². The van der Waals surface area contributed by atoms with Crippen molar-refractivity contribution in [3.05, 3.63) is 65.9 Å². The van der Waals surface area contributed by atoms with Gasteiger partial charge in [-0.1, -0.05) is 6.07 Å². The van der Waals surface area contributed by atoms with Crippen molar-refractivity contribution in [2.45, 2.75) is 19.8 Å². The second kappa shape index (κ2) is 9.63. The topological polar surface area (TPSA) is 124 Å². The van der Waals surface area contributed by atoms with Crippen molar-refractivity contribution in [1.82, 2.24) is 14.6 Å². The van der Waals surface area contributed by atoms with E-state index < -0.39 is 5.91 Å². The highest BCUT2D eigenvalue weighted by atomic mass is 16.5. The molecular formula is C26H27N5O4. The van der Waals surface area contributed by atoms with Crippen molar-refractivity contribution in [3.63, 3.8) is 0 Å². The van der Waals surface area contributed by atoms with Crippen LogP contribution in [0, 0.1) is 12.8 Å². The Kier molecular flexibility index (Phi) is 6.24. The largest absolute Gasteiger partial charge is 0.508 e. The number of benzene rings is 2. The maximum atomic E-state index is 11.7. The molecule has 4 N–H and O–H groups in total. The van der Waals surface area contributed by atoms with Crippen LogP contribution >= 0.6 is 0 Å². The highest BCUT2D eigenvalue weighted by molar-refractivity contribution is 5.94. The minimum Gasteiger partial charge on any atom is -0.508 e. The minimum absolute atomic E-state index is 0.159. The Balaban J connectivity index is 1.54. The van der Waals surface area contributed by atoms with Crippen LogP contribution in [0.25, 0.3) is 16.9 Å². The Morgan fingerprint density at radius 3 is 2.69 bits per heavy atom. The van der Waals surface area contributed by atoms with E-state index in [2.05, 4.69) is 15.4 Å². The zero-order valence-electron chi connectivity index (χ0n) is 19.4. The van der Waals surface area contributed by atoms with Gasteiger partial charge in [-0.05, 0) is 67.6 Å². The van der Waals surface area contributed by atoms with Crippen LogP contribution in [0.5, 0.6) is 17.4 Å². The summed E-state index contributed by atoms with van der Waals surface area (Å²) in [6.45, 7) is 4.19. The number of phenols is 1. The second-order valence-electron chi connectivity index (χ2n) is 8.70. The van der Waals surface area contributed by atoms with E-state index in [0.29, 0.717) is 28.8 Å². The standard InChI is InChI=1S/C26H27N5O4/c1-16-12-18(2-7-21(16)25(27)33)23-15-29-26-22(28-14-17-8-10-34-11-9-17)13-24(30-31(23)26)35-20-5-3-19(32)4-6-20/h2-7,12-13,15,17,28,32H,8-11,14H2,1H3,(H2,27,33). The number of fused-ring (bicyclic) bond motifs is 1. The molecule has 9 nitrogen and oxygen atoms in total. The van der Waals surface area contributed by atoms with Gasteiger partial charge in [0.15, 0.2) is 5.65 Å². The zero-order valence-corrected chi connectivity index (χ0v) is 19.4. The molecule has 5 rings (SSSR count). The average Bonchev–Trinajstić information content (AvgIpc) is 3.28. The fraction of sp³-hybridized carbons (Fsp3) is 0.269. The predicted octanol–water partition coefficient (Wildman–Crippen LogP) is 4.14. The summed E-state index contributed by atoms with van der Waals surface area (Å²) in [7, 11) is 0. The lowest BCUT2D eigenvalue weighted by Gasteiger charge is -2.22. The highest BCUT2D eigenvalue weighted by Gasteiger charge is 2.18. The number of rotatable bonds is 7. The van der Waals surface area contributed by atoms with E-state index in [1.165, 1.54) is 0 Å². The van der Waals surface area contributed by atoms with Crippen LogP contribution in [0.1, 0.15) is 28.8 Å². The number of nitrogens with two attached hydrogens (primary N) is 1. The number of ether oxygens (including phenoxy) is 2. The van der Waals surface area contributed by atoms with Gasteiger partial charge in [-0.25, -0.2) is 9.50 Å². The molecule has 1 amide bonds. The molecule has 180 valence electrons. The molecule has 0 aliphatic carbocycles. The molecule has 1 aliphatic heterocycles. The predicted molar refractivity (Wildman–Crippen MR) is 132 cm³/mol. The summed E-state index contributed by atoms with van der Waals surface area (Å²) in [6.07, 6.45) is 3.78. The van der Waals surface area contributed by atoms with E-state index in [9.17, 15) is 9.90 Å². The van der Waals surface area contributed by atoms with Crippen LogP contribution < -0.4 is 15.8 Å². The van der Waals surface area contributed by atoms with Gasteiger partial charge in [0.25, 0.3) is 0 Å². The number of anilines is 1. The maximum absolute atomic E-state index is 11.7. The van der Waals surface area contributed by atoms with E-state index in [-0.39, 0.29) is 5.75 Å². The van der Waals surface area contributed by atoms with Crippen molar-refractivity contribution in [2.24, 2.45) is 11.7 Å². The van der Waals surface area contributed by atoms with Crippen molar-refractivity contribution in [2.75, 3.05) is 25.1 Å². The van der Waals surface area contributed by atoms with Crippen molar-refractivity contribution >= 4 is 17.2 Å². The fourth-order valence-electron chi connectivity index (χ4n) is 4.26. The normalized spacial score (nSPS) is 14.2. The second-order valence-corrected chi connectivity index (χ2v) is 8.70. The number of carbonyl (C=O) groups excluding carboxylic acids is 1. The van der Waals surface area contributed by atoms with E-state index >= 15 is 0 Å². The van der Waals surface area contributed by atoms with Gasteiger partial charge in [-0.15, -0.1) is 5.10 Å². The molecule has 3 heterocycles. The molecule has 35 heavy (non-hydrogen) atoms. The molecule has 0 radical (unpaired) electrons. The molecule has 0 saturated carbocycles. The summed E-state index contributed by atoms with van der Waals surface area (Å²) in [6, 6.07) is 13.8. The summed E-state index contributed by atoms with van der Waals surface area (Å²) in [5.41, 5.74) is 9.81. The number of aromatic nitrogens is 3. The quantitative estimate of drug-likeness (QED) is 0.368. The third-order valence-electron chi connectivity index (χ3n) is 6.21. The van der Waals surface area contributed by atoms with E-state index in [4.69, 9.17) is 15.2 Å². The smallest absolute Gasteiger partial charge is 0.248 e. The SMILES string of the molecule is Cc1cc(-c2cnc3c(NCC4CCOCC4)cc(Oc4ccc(O)cc4)nn23)ccc1C(N)=O. The zero-order chi connectivity index (χ0) is 24.4. The van der Waals surface area contributed by atoms with Crippen LogP contribution in [0.4, 0.5) is 5.69 Å². The lowest BCUT2D eigenvalue weighted by atomic mass is 10.0.